The maximum Gasteiger partial charge on any atom is 0.241 e. The number of fused-ring (bicyclic) bond motifs is 1. The maximum atomic E-state index is 12.8. The molecule has 0 atom stereocenters. The van der Waals surface area contributed by atoms with E-state index in [9.17, 15) is 8.42 Å². The Morgan fingerprint density at radius 3 is 2.19 bits per heavy atom. The Balaban J connectivity index is 2.02. The fourth-order valence-corrected chi connectivity index (χ4v) is 4.79. The molecule has 2 aromatic carbocycles. The third-order valence-electron chi connectivity index (χ3n) is 4.48. The van der Waals surface area contributed by atoms with E-state index < -0.39 is 10.0 Å². The van der Waals surface area contributed by atoms with Gasteiger partial charge in [-0.2, -0.15) is 0 Å². The van der Waals surface area contributed by atoms with E-state index >= 15 is 0 Å². The minimum atomic E-state index is -3.51. The smallest absolute Gasteiger partial charge is 0.241 e. The van der Waals surface area contributed by atoms with E-state index in [1.54, 1.807) is 6.07 Å². The summed E-state index contributed by atoms with van der Waals surface area (Å²) in [6.45, 7) is 0.491. The van der Waals surface area contributed by atoms with Gasteiger partial charge in [0.1, 0.15) is 0 Å². The van der Waals surface area contributed by atoms with Crippen molar-refractivity contribution in [2.45, 2.75) is 43.4 Å². The van der Waals surface area contributed by atoms with Crippen LogP contribution in [-0.2, 0) is 10.0 Å². The van der Waals surface area contributed by atoms with Gasteiger partial charge in [-0.3, -0.25) is 0 Å². The topological polar surface area (TPSA) is 49.4 Å². The van der Waals surface area contributed by atoms with Crippen molar-refractivity contribution in [2.75, 3.05) is 30.9 Å². The van der Waals surface area contributed by atoms with E-state index in [-0.39, 0.29) is 0 Å². The number of nitrogens with zero attached hydrogens (tertiary/aromatic N) is 1. The van der Waals surface area contributed by atoms with E-state index in [1.807, 2.05) is 49.3 Å². The lowest BCUT2D eigenvalue weighted by Crippen LogP contribution is -2.25. The summed E-state index contributed by atoms with van der Waals surface area (Å²) in [7, 11) is 0.423. The zero-order valence-corrected chi connectivity index (χ0v) is 18.1. The third kappa shape index (κ3) is 5.69. The summed E-state index contributed by atoms with van der Waals surface area (Å²) in [5.74, 6) is 0. The summed E-state index contributed by atoms with van der Waals surface area (Å²) < 4.78 is 28.3. The third-order valence-corrected chi connectivity index (χ3v) is 6.56. The van der Waals surface area contributed by atoms with E-state index in [0.717, 1.165) is 41.1 Å². The number of benzene rings is 2. The molecule has 144 valence electrons. The van der Waals surface area contributed by atoms with Gasteiger partial charge in [0.05, 0.1) is 4.90 Å². The molecule has 2 rings (SSSR count). The molecule has 2 aromatic rings. The van der Waals surface area contributed by atoms with E-state index in [1.165, 1.54) is 19.3 Å². The quantitative estimate of drug-likeness (QED) is 0.398. The first-order chi connectivity index (χ1) is 12.5. The second-order valence-electron chi connectivity index (χ2n) is 6.73. The van der Waals surface area contributed by atoms with Gasteiger partial charge in [-0.15, -0.1) is 0 Å². The summed E-state index contributed by atoms with van der Waals surface area (Å²) >= 11 is 3.44. The average Bonchev–Trinajstić information content (AvgIpc) is 2.62. The van der Waals surface area contributed by atoms with Crippen LogP contribution >= 0.6 is 15.9 Å². The molecule has 4 nitrogen and oxygen atoms in total. The van der Waals surface area contributed by atoms with Crippen LogP contribution in [0.5, 0.6) is 0 Å². The first-order valence-corrected chi connectivity index (χ1v) is 11.8. The molecule has 0 unspecified atom stereocenters. The number of alkyl halides is 1. The van der Waals surface area contributed by atoms with Crippen LogP contribution in [0.15, 0.2) is 41.3 Å². The standard InChI is InChI=1S/C20H29BrN2O2S/c1-23(2)19-13-9-12-18-17(19)11-10-14-20(18)26(24,25)22-16-8-6-4-3-5-7-15-21/h9-14,22H,3-8,15-16H2,1-2H3. The molecule has 0 amide bonds. The van der Waals surface area contributed by atoms with Crippen LogP contribution in [0.4, 0.5) is 5.69 Å². The Morgan fingerprint density at radius 2 is 1.50 bits per heavy atom. The number of rotatable bonds is 11. The predicted octanol–water partition coefficient (Wildman–Crippen LogP) is 4.92. The summed E-state index contributed by atoms with van der Waals surface area (Å²) in [4.78, 5) is 2.36. The Morgan fingerprint density at radius 1 is 0.885 bits per heavy atom. The second-order valence-corrected chi connectivity index (χ2v) is 9.26. The Bertz CT molecular complexity index is 807. The SMILES string of the molecule is CN(C)c1cccc2c(S(=O)(=O)NCCCCCCCCBr)cccc12. The number of hydrogen-bond donors (Lipinski definition) is 1. The van der Waals surface area contributed by atoms with Crippen LogP contribution in [0.3, 0.4) is 0 Å². The lowest BCUT2D eigenvalue weighted by Gasteiger charge is -2.17. The van der Waals surface area contributed by atoms with Crippen molar-refractivity contribution < 1.29 is 8.42 Å². The molecule has 0 heterocycles. The maximum absolute atomic E-state index is 12.8. The number of halogens is 1. The van der Waals surface area contributed by atoms with Crippen molar-refractivity contribution in [3.63, 3.8) is 0 Å². The highest BCUT2D eigenvalue weighted by Crippen LogP contribution is 2.30. The second kappa shape index (κ2) is 10.3. The van der Waals surface area contributed by atoms with E-state index in [0.29, 0.717) is 11.4 Å². The monoisotopic (exact) mass is 440 g/mol. The molecule has 0 bridgehead atoms. The van der Waals surface area contributed by atoms with Crippen molar-refractivity contribution in [2.24, 2.45) is 0 Å². The van der Waals surface area contributed by atoms with Crippen LogP contribution in [0.1, 0.15) is 38.5 Å². The molecule has 0 aliphatic rings. The molecule has 1 N–H and O–H groups in total. The van der Waals surface area contributed by atoms with Crippen molar-refractivity contribution in [1.82, 2.24) is 4.72 Å². The predicted molar refractivity (Wildman–Crippen MR) is 115 cm³/mol. The van der Waals surface area contributed by atoms with Gasteiger partial charge in [-0.05, 0) is 25.0 Å². The molecule has 0 radical (unpaired) electrons. The van der Waals surface area contributed by atoms with Crippen molar-refractivity contribution in [3.05, 3.63) is 36.4 Å². The van der Waals surface area contributed by atoms with Gasteiger partial charge in [-0.1, -0.05) is 65.9 Å². The van der Waals surface area contributed by atoms with Crippen molar-refractivity contribution >= 4 is 42.4 Å². The normalized spacial score (nSPS) is 11.8. The molecular formula is C20H29BrN2O2S. The van der Waals surface area contributed by atoms with Crippen LogP contribution < -0.4 is 9.62 Å². The number of hydrogen-bond acceptors (Lipinski definition) is 3. The first-order valence-electron chi connectivity index (χ1n) is 9.22. The molecule has 0 aromatic heterocycles. The molecule has 0 aliphatic carbocycles. The molecule has 0 aliphatic heterocycles. The molecule has 0 saturated heterocycles. The van der Waals surface area contributed by atoms with Crippen molar-refractivity contribution in [3.8, 4) is 0 Å². The van der Waals surface area contributed by atoms with Gasteiger partial charge < -0.3 is 4.90 Å². The summed E-state index contributed by atoms with van der Waals surface area (Å²) in [6.07, 6.45) is 6.76. The molecule has 0 saturated carbocycles. The van der Waals surface area contributed by atoms with Crippen LogP contribution in [0, 0.1) is 0 Å². The van der Waals surface area contributed by atoms with Crippen LogP contribution in [0.25, 0.3) is 10.8 Å². The highest BCUT2D eigenvalue weighted by Gasteiger charge is 2.17. The summed E-state index contributed by atoms with van der Waals surface area (Å²) in [5.41, 5.74) is 1.02. The molecule has 0 spiro atoms. The summed E-state index contributed by atoms with van der Waals surface area (Å²) in [5, 5.41) is 2.78. The zero-order chi connectivity index (χ0) is 19.0. The van der Waals surface area contributed by atoms with Gasteiger partial charge >= 0.3 is 0 Å². The molecule has 0 fully saturated rings. The van der Waals surface area contributed by atoms with Gasteiger partial charge in [0.25, 0.3) is 0 Å². The van der Waals surface area contributed by atoms with Gasteiger partial charge in [0.15, 0.2) is 0 Å². The van der Waals surface area contributed by atoms with Gasteiger partial charge in [0, 0.05) is 42.4 Å². The number of sulfonamides is 1. The molecular weight excluding hydrogens is 412 g/mol. The summed E-state index contributed by atoms with van der Waals surface area (Å²) in [6, 6.07) is 11.3. The zero-order valence-electron chi connectivity index (χ0n) is 15.7. The fraction of sp³-hybridized carbons (Fsp3) is 0.500. The van der Waals surface area contributed by atoms with E-state index in [4.69, 9.17) is 0 Å². The number of unbranched alkanes of at least 4 members (excludes halogenated alkanes) is 5. The van der Waals surface area contributed by atoms with Gasteiger partial charge in [0.2, 0.25) is 10.0 Å². The van der Waals surface area contributed by atoms with Crippen LogP contribution in [-0.4, -0.2) is 34.4 Å². The number of nitrogens with one attached hydrogen (secondary N) is 1. The first kappa shape index (κ1) is 21.2. The lowest BCUT2D eigenvalue weighted by atomic mass is 10.1. The fourth-order valence-electron chi connectivity index (χ4n) is 3.10. The Hall–Kier alpha value is -1.11. The minimum absolute atomic E-state index is 0.357. The number of anilines is 1. The van der Waals surface area contributed by atoms with Crippen LogP contribution in [0.2, 0.25) is 0 Å². The molecule has 26 heavy (non-hydrogen) atoms. The molecule has 6 heteroatoms. The Kier molecular flexibility index (Phi) is 8.38. The highest BCUT2D eigenvalue weighted by molar-refractivity contribution is 9.09. The highest BCUT2D eigenvalue weighted by atomic mass is 79.9. The average molecular weight is 441 g/mol. The van der Waals surface area contributed by atoms with Crippen molar-refractivity contribution in [1.29, 1.82) is 0 Å². The lowest BCUT2D eigenvalue weighted by molar-refractivity contribution is 0.569. The van der Waals surface area contributed by atoms with E-state index in [2.05, 4.69) is 20.7 Å². The Labute approximate surface area is 166 Å². The van der Waals surface area contributed by atoms with Gasteiger partial charge in [-0.25, -0.2) is 13.1 Å². The largest absolute Gasteiger partial charge is 0.377 e. The minimum Gasteiger partial charge on any atom is -0.377 e.